The fraction of sp³-hybridized carbons (Fsp3) is 0.333. The van der Waals surface area contributed by atoms with E-state index in [1.165, 1.54) is 12.1 Å². The van der Waals surface area contributed by atoms with Crippen molar-refractivity contribution in [3.63, 3.8) is 0 Å². The molecule has 4 aromatic rings. The van der Waals surface area contributed by atoms with E-state index in [0.717, 1.165) is 42.1 Å². The van der Waals surface area contributed by atoms with Crippen LogP contribution in [0.3, 0.4) is 0 Å². The summed E-state index contributed by atoms with van der Waals surface area (Å²) in [5.41, 5.74) is 0.842. The van der Waals surface area contributed by atoms with Gasteiger partial charge in [0.15, 0.2) is 23.3 Å². The third kappa shape index (κ3) is 3.32. The Balaban J connectivity index is 1.38. The Kier molecular flexibility index (Phi) is 5.10. The zero-order chi connectivity index (χ0) is 22.6. The molecular formula is C24H20F5N3. The second kappa shape index (κ2) is 7.83. The molecule has 0 bridgehead atoms. The Labute approximate surface area is 180 Å². The van der Waals surface area contributed by atoms with Gasteiger partial charge in [-0.1, -0.05) is 6.92 Å². The minimum absolute atomic E-state index is 0.178. The number of fused-ring (bicyclic) bond motifs is 2. The van der Waals surface area contributed by atoms with Crippen molar-refractivity contribution in [2.45, 2.75) is 44.4 Å². The zero-order valence-corrected chi connectivity index (χ0v) is 17.2. The van der Waals surface area contributed by atoms with Crippen LogP contribution in [0.2, 0.25) is 0 Å². The van der Waals surface area contributed by atoms with Gasteiger partial charge in [0.25, 0.3) is 0 Å². The summed E-state index contributed by atoms with van der Waals surface area (Å²) in [6, 6.07) is 6.52. The van der Waals surface area contributed by atoms with Crippen molar-refractivity contribution >= 4 is 21.9 Å². The van der Waals surface area contributed by atoms with Crippen molar-refractivity contribution in [1.82, 2.24) is 15.0 Å². The average molecular weight is 445 g/mol. The maximum Gasteiger partial charge on any atom is 0.199 e. The summed E-state index contributed by atoms with van der Waals surface area (Å²) in [4.78, 5) is 11.0. The second-order valence-corrected chi connectivity index (χ2v) is 8.56. The molecule has 1 fully saturated rings. The van der Waals surface area contributed by atoms with E-state index < -0.39 is 34.3 Å². The van der Waals surface area contributed by atoms with Gasteiger partial charge in [-0.3, -0.25) is 4.98 Å². The van der Waals surface area contributed by atoms with Crippen molar-refractivity contribution < 1.29 is 22.0 Å². The molecule has 166 valence electrons. The van der Waals surface area contributed by atoms with E-state index in [9.17, 15) is 22.0 Å². The molecule has 1 unspecified atom stereocenters. The summed E-state index contributed by atoms with van der Waals surface area (Å²) in [5, 5.41) is 0.816. The van der Waals surface area contributed by atoms with Crippen LogP contribution in [0.15, 0.2) is 30.5 Å². The number of aromatic amines is 1. The van der Waals surface area contributed by atoms with Gasteiger partial charge in [0.2, 0.25) is 0 Å². The molecule has 2 aromatic heterocycles. The van der Waals surface area contributed by atoms with Gasteiger partial charge >= 0.3 is 0 Å². The van der Waals surface area contributed by atoms with Crippen LogP contribution in [0.25, 0.3) is 21.9 Å². The summed E-state index contributed by atoms with van der Waals surface area (Å²) >= 11 is 0. The number of hydrogen-bond donors (Lipinski definition) is 1. The van der Waals surface area contributed by atoms with E-state index in [2.05, 4.69) is 15.0 Å². The highest BCUT2D eigenvalue weighted by molar-refractivity contribution is 5.82. The highest BCUT2D eigenvalue weighted by atomic mass is 19.2. The van der Waals surface area contributed by atoms with E-state index in [0.29, 0.717) is 5.82 Å². The summed E-state index contributed by atoms with van der Waals surface area (Å²) < 4.78 is 69.0. The molecule has 2 heterocycles. The van der Waals surface area contributed by atoms with Gasteiger partial charge in [0, 0.05) is 17.5 Å². The molecule has 2 aromatic carbocycles. The number of imidazole rings is 1. The number of rotatable bonds is 3. The van der Waals surface area contributed by atoms with Crippen LogP contribution in [0.4, 0.5) is 22.0 Å². The second-order valence-electron chi connectivity index (χ2n) is 8.56. The standard InChI is InChI=1S/C24H20F5N3/c1-11(24-31-22-20(28)18(26)19(27)21(29)23(22)32-24)12-2-4-13(5-3-12)15-8-9-30-17-7-6-14(25)10-16(15)17/h6-13H,2-5H2,1H3,(H,31,32)/t11?,12-,13+. The predicted molar refractivity (Wildman–Crippen MR) is 111 cm³/mol. The van der Waals surface area contributed by atoms with Crippen LogP contribution in [-0.2, 0) is 0 Å². The summed E-state index contributed by atoms with van der Waals surface area (Å²) in [6.07, 6.45) is 5.11. The molecule has 0 spiro atoms. The average Bonchev–Trinajstić information content (AvgIpc) is 3.26. The Hall–Kier alpha value is -3.03. The quantitative estimate of drug-likeness (QED) is 0.212. The van der Waals surface area contributed by atoms with Crippen molar-refractivity contribution in [3.8, 4) is 0 Å². The molecule has 5 rings (SSSR count). The third-order valence-corrected chi connectivity index (χ3v) is 6.82. The van der Waals surface area contributed by atoms with Gasteiger partial charge in [0.05, 0.1) is 5.52 Å². The Morgan fingerprint density at radius 2 is 1.62 bits per heavy atom. The fourth-order valence-electron chi connectivity index (χ4n) is 4.98. The van der Waals surface area contributed by atoms with E-state index >= 15 is 0 Å². The van der Waals surface area contributed by atoms with Crippen molar-refractivity contribution in [2.75, 3.05) is 0 Å². The molecule has 0 aliphatic heterocycles. The van der Waals surface area contributed by atoms with Gasteiger partial charge in [0.1, 0.15) is 22.7 Å². The monoisotopic (exact) mass is 445 g/mol. The van der Waals surface area contributed by atoms with Crippen molar-refractivity contribution in [1.29, 1.82) is 0 Å². The van der Waals surface area contributed by atoms with Crippen molar-refractivity contribution in [2.24, 2.45) is 5.92 Å². The third-order valence-electron chi connectivity index (χ3n) is 6.82. The van der Waals surface area contributed by atoms with Crippen molar-refractivity contribution in [3.05, 3.63) is 70.9 Å². The molecule has 32 heavy (non-hydrogen) atoms. The summed E-state index contributed by atoms with van der Waals surface area (Å²) in [7, 11) is 0. The van der Waals surface area contributed by atoms with Crippen LogP contribution < -0.4 is 0 Å². The van der Waals surface area contributed by atoms with Gasteiger partial charge < -0.3 is 4.98 Å². The molecule has 3 nitrogen and oxygen atoms in total. The molecular weight excluding hydrogens is 425 g/mol. The number of H-pyrrole nitrogens is 1. The largest absolute Gasteiger partial charge is 0.339 e. The van der Waals surface area contributed by atoms with E-state index in [1.807, 2.05) is 13.0 Å². The highest BCUT2D eigenvalue weighted by Gasteiger charge is 2.31. The molecule has 8 heteroatoms. The summed E-state index contributed by atoms with van der Waals surface area (Å²) in [6.45, 7) is 1.89. The topological polar surface area (TPSA) is 41.6 Å². The molecule has 1 atom stereocenters. The normalized spacial score (nSPS) is 20.2. The number of pyridine rings is 1. The van der Waals surface area contributed by atoms with Gasteiger partial charge in [-0.05, 0) is 67.3 Å². The van der Waals surface area contributed by atoms with Gasteiger partial charge in [-0.25, -0.2) is 26.9 Å². The molecule has 1 aliphatic rings. The Bertz CT molecular complexity index is 1280. The molecule has 1 aliphatic carbocycles. The number of nitrogens with one attached hydrogen (secondary N) is 1. The van der Waals surface area contributed by atoms with Crippen LogP contribution in [-0.4, -0.2) is 15.0 Å². The highest BCUT2D eigenvalue weighted by Crippen LogP contribution is 2.43. The minimum Gasteiger partial charge on any atom is -0.339 e. The minimum atomic E-state index is -1.86. The fourth-order valence-corrected chi connectivity index (χ4v) is 4.98. The molecule has 1 saturated carbocycles. The lowest BCUT2D eigenvalue weighted by molar-refractivity contribution is 0.286. The number of benzene rings is 2. The van der Waals surface area contributed by atoms with Crippen LogP contribution in [0, 0.1) is 35.0 Å². The van der Waals surface area contributed by atoms with E-state index in [4.69, 9.17) is 0 Å². The first kappa shape index (κ1) is 20.8. The lowest BCUT2D eigenvalue weighted by Gasteiger charge is -2.32. The van der Waals surface area contributed by atoms with Gasteiger partial charge in [-0.15, -0.1) is 0 Å². The number of nitrogens with zero attached hydrogens (tertiary/aromatic N) is 2. The number of halogens is 5. The van der Waals surface area contributed by atoms with E-state index in [-0.39, 0.29) is 23.6 Å². The first-order chi connectivity index (χ1) is 15.3. The van der Waals surface area contributed by atoms with E-state index in [1.54, 1.807) is 12.3 Å². The molecule has 1 N–H and O–H groups in total. The Morgan fingerprint density at radius 1 is 0.906 bits per heavy atom. The predicted octanol–water partition coefficient (Wildman–Crippen LogP) is 6.88. The van der Waals surface area contributed by atoms with Gasteiger partial charge in [-0.2, -0.15) is 0 Å². The van der Waals surface area contributed by atoms with Crippen LogP contribution in [0.1, 0.15) is 55.8 Å². The molecule has 0 saturated heterocycles. The maximum absolute atomic E-state index is 14.1. The van der Waals surface area contributed by atoms with Crippen LogP contribution >= 0.6 is 0 Å². The first-order valence-corrected chi connectivity index (χ1v) is 10.6. The molecule has 0 radical (unpaired) electrons. The SMILES string of the molecule is CC(c1nc2c(F)c(F)c(F)c(F)c2[nH]1)[C@H]1CC[C@@H](c2ccnc3ccc(F)cc32)CC1. The maximum atomic E-state index is 14.1. The zero-order valence-electron chi connectivity index (χ0n) is 17.2. The lowest BCUT2D eigenvalue weighted by atomic mass is 9.73. The van der Waals surface area contributed by atoms with Crippen LogP contribution in [0.5, 0.6) is 0 Å². The summed E-state index contributed by atoms with van der Waals surface area (Å²) in [5.74, 6) is -6.41. The lowest BCUT2D eigenvalue weighted by Crippen LogP contribution is -2.19. The number of aromatic nitrogens is 3. The smallest absolute Gasteiger partial charge is 0.199 e. The first-order valence-electron chi connectivity index (χ1n) is 10.6. The Morgan fingerprint density at radius 3 is 2.38 bits per heavy atom. The molecule has 0 amide bonds. The number of hydrogen-bond acceptors (Lipinski definition) is 2.